The molecule has 4 aromatic carbocycles. The Morgan fingerprint density at radius 3 is 2.24 bits per heavy atom. The molecule has 14 nitrogen and oxygen atoms in total. The highest BCUT2D eigenvalue weighted by Gasteiger charge is 2.35. The van der Waals surface area contributed by atoms with Gasteiger partial charge in [-0.05, 0) is 70.9 Å². The van der Waals surface area contributed by atoms with Gasteiger partial charge in [-0.1, -0.05) is 30.3 Å². The second-order valence-electron chi connectivity index (χ2n) is 11.2. The van der Waals surface area contributed by atoms with Gasteiger partial charge in [0.2, 0.25) is 17.5 Å². The minimum atomic E-state index is -1.21. The van der Waals surface area contributed by atoms with E-state index < -0.39 is 17.9 Å². The van der Waals surface area contributed by atoms with Gasteiger partial charge in [-0.25, -0.2) is 4.98 Å². The van der Waals surface area contributed by atoms with E-state index in [9.17, 15) is 9.59 Å². The number of carbonyl (C=O) groups excluding carboxylic acids is 2. The number of ether oxygens (including phenoxy) is 4. The summed E-state index contributed by atoms with van der Waals surface area (Å²) in [4.78, 5) is 35.9. The maximum Gasteiger partial charge on any atom is 0.251 e. The summed E-state index contributed by atoms with van der Waals surface area (Å²) < 4.78 is 24.1. The molecule has 0 aliphatic heterocycles. The van der Waals surface area contributed by atoms with Gasteiger partial charge in [0.05, 0.1) is 45.8 Å². The Balaban J connectivity index is 1.41. The summed E-state index contributed by atoms with van der Waals surface area (Å²) in [6, 6.07) is 24.1. The van der Waals surface area contributed by atoms with E-state index in [4.69, 9.17) is 18.9 Å². The van der Waals surface area contributed by atoms with Crippen LogP contribution >= 0.6 is 0 Å². The van der Waals surface area contributed by atoms with Crippen LogP contribution in [0.1, 0.15) is 17.2 Å². The second-order valence-corrected chi connectivity index (χ2v) is 11.2. The zero-order chi connectivity index (χ0) is 35.2. The van der Waals surface area contributed by atoms with E-state index in [1.54, 1.807) is 49.8 Å². The quantitative estimate of drug-likeness (QED) is 0.187. The maximum atomic E-state index is 14.5. The van der Waals surface area contributed by atoms with Crippen LogP contribution in [0.3, 0.4) is 0 Å². The second kappa shape index (κ2) is 14.8. The summed E-state index contributed by atoms with van der Waals surface area (Å²) in [5, 5.41) is 15.9. The largest absolute Gasteiger partial charge is 0.497 e. The molecule has 1 atom stereocenters. The number of hydrogen-bond donors (Lipinski definition) is 1. The van der Waals surface area contributed by atoms with Crippen molar-refractivity contribution in [1.29, 1.82) is 0 Å². The topological polar surface area (TPSA) is 148 Å². The molecule has 2 amide bonds. The first kappa shape index (κ1) is 33.5. The molecule has 0 radical (unpaired) electrons. The van der Waals surface area contributed by atoms with E-state index in [0.717, 1.165) is 16.6 Å². The van der Waals surface area contributed by atoms with Gasteiger partial charge < -0.3 is 28.8 Å². The lowest BCUT2D eigenvalue weighted by Crippen LogP contribution is -2.45. The molecule has 0 bridgehead atoms. The number of fused-ring (bicyclic) bond motifs is 1. The smallest absolute Gasteiger partial charge is 0.251 e. The van der Waals surface area contributed by atoms with Crippen molar-refractivity contribution in [2.75, 3.05) is 33.3 Å². The first-order chi connectivity index (χ1) is 24.3. The number of tetrazole rings is 1. The minimum absolute atomic E-state index is 0.222. The molecule has 0 spiro atoms. The predicted molar refractivity (Wildman–Crippen MR) is 185 cm³/mol. The Kier molecular flexibility index (Phi) is 9.88. The number of carbonyl (C=O) groups is 2. The third-order valence-corrected chi connectivity index (χ3v) is 8.15. The van der Waals surface area contributed by atoms with Gasteiger partial charge in [-0.2, -0.15) is 4.80 Å². The number of benzene rings is 4. The molecule has 0 aliphatic rings. The minimum Gasteiger partial charge on any atom is -0.497 e. The highest BCUT2D eigenvalue weighted by Crippen LogP contribution is 2.42. The Bertz CT molecular complexity index is 2090. The Hall–Kier alpha value is -6.44. The van der Waals surface area contributed by atoms with E-state index >= 15 is 0 Å². The number of anilines is 1. The van der Waals surface area contributed by atoms with Crippen LogP contribution in [0, 0.1) is 0 Å². The highest BCUT2D eigenvalue weighted by atomic mass is 16.5. The third-order valence-electron chi connectivity index (χ3n) is 8.15. The number of nitrogens with zero attached hydrogens (tertiary/aromatic N) is 7. The van der Waals surface area contributed by atoms with Crippen molar-refractivity contribution in [3.05, 3.63) is 102 Å². The van der Waals surface area contributed by atoms with Gasteiger partial charge in [-0.3, -0.25) is 14.5 Å². The van der Waals surface area contributed by atoms with Gasteiger partial charge in [0.25, 0.3) is 5.91 Å². The van der Waals surface area contributed by atoms with Crippen molar-refractivity contribution in [3.63, 3.8) is 0 Å². The zero-order valence-corrected chi connectivity index (χ0v) is 28.2. The standard InChI is InChI=1S/C36H36N8O6/c1-42-22-38-28-17-24(11-16-29(28)42)35-39-41-43(40-35)21-32(45)44(26-12-14-27(47-2)15-13-26)33(36(46)37-20-23-9-7-6-8-10-23)25-18-30(48-3)34(50-5)31(19-25)49-4/h6-19,22,33H,20-21H2,1-5H3,(H,37,46). The zero-order valence-electron chi connectivity index (χ0n) is 28.2. The lowest BCUT2D eigenvalue weighted by Gasteiger charge is -2.32. The summed E-state index contributed by atoms with van der Waals surface area (Å²) in [5.41, 5.74) is 4.13. The lowest BCUT2D eigenvalue weighted by molar-refractivity contribution is -0.127. The molecule has 0 aliphatic carbocycles. The molecule has 2 aromatic heterocycles. The molecule has 14 heteroatoms. The fourth-order valence-corrected chi connectivity index (χ4v) is 5.64. The van der Waals surface area contributed by atoms with Crippen LogP contribution in [0.5, 0.6) is 23.0 Å². The average Bonchev–Trinajstić information content (AvgIpc) is 3.78. The molecule has 1 N–H and O–H groups in total. The monoisotopic (exact) mass is 676 g/mol. The van der Waals surface area contributed by atoms with E-state index in [2.05, 4.69) is 25.7 Å². The van der Waals surface area contributed by atoms with Crippen molar-refractivity contribution in [2.45, 2.75) is 19.1 Å². The van der Waals surface area contributed by atoms with E-state index in [0.29, 0.717) is 45.6 Å². The van der Waals surface area contributed by atoms with Crippen molar-refractivity contribution >= 4 is 28.5 Å². The van der Waals surface area contributed by atoms with Crippen molar-refractivity contribution in [2.24, 2.45) is 7.05 Å². The van der Waals surface area contributed by atoms with E-state index in [-0.39, 0.29) is 13.1 Å². The molecule has 0 saturated carbocycles. The Morgan fingerprint density at radius 2 is 1.58 bits per heavy atom. The molecule has 6 rings (SSSR count). The van der Waals surface area contributed by atoms with Crippen LogP contribution in [-0.2, 0) is 29.7 Å². The van der Waals surface area contributed by atoms with Crippen LogP contribution in [0.25, 0.3) is 22.4 Å². The summed E-state index contributed by atoms with van der Waals surface area (Å²) in [5.74, 6) is 0.924. The first-order valence-corrected chi connectivity index (χ1v) is 15.6. The first-order valence-electron chi connectivity index (χ1n) is 15.6. The number of aryl methyl sites for hydroxylation is 1. The highest BCUT2D eigenvalue weighted by molar-refractivity contribution is 6.01. The molecule has 1 unspecified atom stereocenters. The molecular formula is C36H36N8O6. The van der Waals surface area contributed by atoms with Crippen LogP contribution in [0.4, 0.5) is 5.69 Å². The molecule has 6 aromatic rings. The third kappa shape index (κ3) is 6.90. The van der Waals surface area contributed by atoms with E-state index in [1.165, 1.54) is 31.0 Å². The van der Waals surface area contributed by atoms with Crippen LogP contribution in [0.2, 0.25) is 0 Å². The lowest BCUT2D eigenvalue weighted by atomic mass is 10.0. The normalized spacial score (nSPS) is 11.5. The molecule has 256 valence electrons. The van der Waals surface area contributed by atoms with E-state index in [1.807, 2.05) is 60.1 Å². The van der Waals surface area contributed by atoms with Crippen molar-refractivity contribution in [1.82, 2.24) is 35.1 Å². The SMILES string of the molecule is COc1ccc(N(C(=O)Cn2nnc(-c3ccc4c(c3)ncn4C)n2)C(C(=O)NCc2ccccc2)c2cc(OC)c(OC)c(OC)c2)cc1. The average molecular weight is 677 g/mol. The molecular weight excluding hydrogens is 640 g/mol. The Morgan fingerprint density at radius 1 is 0.860 bits per heavy atom. The number of imidazole rings is 1. The van der Waals surface area contributed by atoms with Crippen LogP contribution in [-0.4, -0.2) is 70.0 Å². The fourth-order valence-electron chi connectivity index (χ4n) is 5.64. The summed E-state index contributed by atoms with van der Waals surface area (Å²) in [6.45, 7) is -0.113. The maximum absolute atomic E-state index is 14.5. The van der Waals surface area contributed by atoms with Crippen LogP contribution in [0.15, 0.2) is 91.3 Å². The summed E-state index contributed by atoms with van der Waals surface area (Å²) >= 11 is 0. The summed E-state index contributed by atoms with van der Waals surface area (Å²) in [6.07, 6.45) is 1.73. The van der Waals surface area contributed by atoms with Crippen LogP contribution < -0.4 is 29.2 Å². The van der Waals surface area contributed by atoms with Gasteiger partial charge in [0.1, 0.15) is 18.3 Å². The van der Waals surface area contributed by atoms with Crippen molar-refractivity contribution < 1.29 is 28.5 Å². The summed E-state index contributed by atoms with van der Waals surface area (Å²) in [7, 11) is 7.92. The number of methoxy groups -OCH3 is 4. The fraction of sp³-hybridized carbons (Fsp3) is 0.222. The van der Waals surface area contributed by atoms with Gasteiger partial charge in [-0.15, -0.1) is 10.2 Å². The van der Waals surface area contributed by atoms with Gasteiger partial charge >= 0.3 is 0 Å². The van der Waals surface area contributed by atoms with Gasteiger partial charge in [0.15, 0.2) is 11.5 Å². The predicted octanol–water partition coefficient (Wildman–Crippen LogP) is 4.35. The number of aromatic nitrogens is 6. The molecule has 0 saturated heterocycles. The number of hydrogen-bond acceptors (Lipinski definition) is 10. The number of amides is 2. The molecule has 0 fully saturated rings. The van der Waals surface area contributed by atoms with Crippen molar-refractivity contribution in [3.8, 4) is 34.4 Å². The molecule has 2 heterocycles. The van der Waals surface area contributed by atoms with Gasteiger partial charge in [0, 0.05) is 24.8 Å². The Labute approximate surface area is 288 Å². The molecule has 50 heavy (non-hydrogen) atoms. The number of rotatable bonds is 13. The number of nitrogens with one attached hydrogen (secondary N) is 1.